The molecule has 0 bridgehead atoms. The van der Waals surface area contributed by atoms with Gasteiger partial charge in [0.15, 0.2) is 5.82 Å². The Kier molecular flexibility index (Phi) is 5.65. The molecule has 1 aromatic heterocycles. The summed E-state index contributed by atoms with van der Waals surface area (Å²) < 4.78 is 15.6. The molecule has 0 spiro atoms. The molecule has 0 amide bonds. The van der Waals surface area contributed by atoms with E-state index in [0.29, 0.717) is 31.4 Å². The molecular formula is C18H23N3O4. The molecule has 0 saturated carbocycles. The number of nitrogens with zero attached hydrogens (tertiary/aromatic N) is 3. The average Bonchev–Trinajstić information content (AvgIpc) is 3.10. The van der Waals surface area contributed by atoms with Gasteiger partial charge < -0.3 is 14.0 Å². The molecule has 1 aliphatic rings. The first-order chi connectivity index (χ1) is 12.2. The minimum absolute atomic E-state index is 0.0679. The van der Waals surface area contributed by atoms with Crippen LogP contribution in [0.4, 0.5) is 0 Å². The van der Waals surface area contributed by atoms with E-state index in [1.165, 1.54) is 0 Å². The molecule has 1 fully saturated rings. The van der Waals surface area contributed by atoms with Gasteiger partial charge in [-0.05, 0) is 50.6 Å². The maximum absolute atomic E-state index is 11.9. The summed E-state index contributed by atoms with van der Waals surface area (Å²) in [6.07, 6.45) is 1.84. The van der Waals surface area contributed by atoms with Crippen LogP contribution < -0.4 is 4.74 Å². The van der Waals surface area contributed by atoms with Crippen molar-refractivity contribution >= 4 is 5.97 Å². The van der Waals surface area contributed by atoms with Crippen molar-refractivity contribution in [3.8, 4) is 17.2 Å². The number of carbonyl (C=O) groups excluding carboxylic acids is 1. The first kappa shape index (κ1) is 17.4. The van der Waals surface area contributed by atoms with E-state index in [2.05, 4.69) is 15.0 Å². The zero-order valence-corrected chi connectivity index (χ0v) is 14.6. The Labute approximate surface area is 146 Å². The van der Waals surface area contributed by atoms with Crippen LogP contribution in [0.5, 0.6) is 5.75 Å². The van der Waals surface area contributed by atoms with Gasteiger partial charge in [0.1, 0.15) is 5.75 Å². The Morgan fingerprint density at radius 2 is 2.16 bits per heavy atom. The first-order valence-corrected chi connectivity index (χ1v) is 8.55. The molecule has 0 aliphatic carbocycles. The predicted octanol–water partition coefficient (Wildman–Crippen LogP) is 2.52. The lowest BCUT2D eigenvalue weighted by Crippen LogP contribution is -2.39. The van der Waals surface area contributed by atoms with Gasteiger partial charge in [0, 0.05) is 12.1 Å². The highest BCUT2D eigenvalue weighted by Gasteiger charge is 2.27. The van der Waals surface area contributed by atoms with Gasteiger partial charge in [-0.1, -0.05) is 5.16 Å². The zero-order chi connectivity index (χ0) is 17.6. The van der Waals surface area contributed by atoms with Crippen LogP contribution >= 0.6 is 0 Å². The van der Waals surface area contributed by atoms with Crippen LogP contribution in [0, 0.1) is 5.92 Å². The van der Waals surface area contributed by atoms with E-state index < -0.39 is 0 Å². The van der Waals surface area contributed by atoms with Gasteiger partial charge in [-0.15, -0.1) is 0 Å². The van der Waals surface area contributed by atoms with Crippen molar-refractivity contribution in [3.63, 3.8) is 0 Å². The minimum atomic E-state index is -0.112. The second-order valence-electron chi connectivity index (χ2n) is 6.07. The third kappa shape index (κ3) is 4.36. The number of hydrogen-bond donors (Lipinski definition) is 0. The predicted molar refractivity (Wildman–Crippen MR) is 90.9 cm³/mol. The van der Waals surface area contributed by atoms with Crippen molar-refractivity contribution in [3.05, 3.63) is 30.1 Å². The highest BCUT2D eigenvalue weighted by Crippen LogP contribution is 2.22. The molecule has 1 aromatic carbocycles. The fraction of sp³-hybridized carbons (Fsp3) is 0.500. The Balaban J connectivity index is 1.61. The Bertz CT molecular complexity index is 699. The van der Waals surface area contributed by atoms with Crippen molar-refractivity contribution in [2.24, 2.45) is 5.92 Å². The summed E-state index contributed by atoms with van der Waals surface area (Å²) in [5.41, 5.74) is 0.850. The maximum Gasteiger partial charge on any atom is 0.310 e. The van der Waals surface area contributed by atoms with Crippen molar-refractivity contribution in [1.29, 1.82) is 0 Å². The van der Waals surface area contributed by atoms with Gasteiger partial charge in [0.25, 0.3) is 5.89 Å². The summed E-state index contributed by atoms with van der Waals surface area (Å²) in [7, 11) is 1.63. The topological polar surface area (TPSA) is 77.7 Å². The van der Waals surface area contributed by atoms with Crippen molar-refractivity contribution in [1.82, 2.24) is 15.0 Å². The number of methoxy groups -OCH3 is 1. The average molecular weight is 345 g/mol. The molecule has 7 heteroatoms. The van der Waals surface area contributed by atoms with Gasteiger partial charge in [-0.3, -0.25) is 9.69 Å². The number of piperidine rings is 1. The second kappa shape index (κ2) is 8.11. The Hall–Kier alpha value is -2.41. The Morgan fingerprint density at radius 1 is 1.36 bits per heavy atom. The summed E-state index contributed by atoms with van der Waals surface area (Å²) in [6, 6.07) is 7.48. The van der Waals surface area contributed by atoms with E-state index in [1.807, 2.05) is 31.2 Å². The number of esters is 1. The zero-order valence-electron chi connectivity index (χ0n) is 14.6. The molecular weight excluding hydrogens is 322 g/mol. The lowest BCUT2D eigenvalue weighted by molar-refractivity contribution is -0.150. The Morgan fingerprint density at radius 3 is 2.88 bits per heavy atom. The maximum atomic E-state index is 11.9. The van der Waals surface area contributed by atoms with Crippen LogP contribution in [0.2, 0.25) is 0 Å². The van der Waals surface area contributed by atoms with Crippen LogP contribution in [0.1, 0.15) is 25.6 Å². The van der Waals surface area contributed by atoms with Crippen LogP contribution in [-0.2, 0) is 16.1 Å². The highest BCUT2D eigenvalue weighted by atomic mass is 16.5. The van der Waals surface area contributed by atoms with Crippen molar-refractivity contribution in [2.75, 3.05) is 26.8 Å². The van der Waals surface area contributed by atoms with Gasteiger partial charge >= 0.3 is 5.97 Å². The van der Waals surface area contributed by atoms with Crippen molar-refractivity contribution < 1.29 is 18.8 Å². The fourth-order valence-electron chi connectivity index (χ4n) is 3.02. The number of benzene rings is 1. The molecule has 1 saturated heterocycles. The largest absolute Gasteiger partial charge is 0.497 e. The normalized spacial score (nSPS) is 18.1. The van der Waals surface area contributed by atoms with E-state index in [-0.39, 0.29) is 11.9 Å². The molecule has 1 atom stereocenters. The third-order valence-electron chi connectivity index (χ3n) is 4.30. The van der Waals surface area contributed by atoms with E-state index in [9.17, 15) is 4.79 Å². The van der Waals surface area contributed by atoms with Gasteiger partial charge in [-0.25, -0.2) is 0 Å². The van der Waals surface area contributed by atoms with E-state index in [4.69, 9.17) is 14.0 Å². The number of ether oxygens (including phenoxy) is 2. The van der Waals surface area contributed by atoms with Crippen LogP contribution in [-0.4, -0.2) is 47.8 Å². The van der Waals surface area contributed by atoms with E-state index in [1.54, 1.807) is 7.11 Å². The lowest BCUT2D eigenvalue weighted by Gasteiger charge is -2.30. The molecule has 134 valence electrons. The highest BCUT2D eigenvalue weighted by molar-refractivity contribution is 5.72. The van der Waals surface area contributed by atoms with Crippen LogP contribution in [0.25, 0.3) is 11.5 Å². The molecule has 0 unspecified atom stereocenters. The van der Waals surface area contributed by atoms with Gasteiger partial charge in [0.2, 0.25) is 0 Å². The fourth-order valence-corrected chi connectivity index (χ4v) is 3.02. The quantitative estimate of drug-likeness (QED) is 0.744. The standard InChI is InChI=1S/C18H23N3O4/c1-3-24-18(22)14-5-4-10-21(11-14)12-16-19-17(25-20-16)13-6-8-15(23-2)9-7-13/h6-9,14H,3-5,10-12H2,1-2H3/t14-/m0/s1. The SMILES string of the molecule is CCOC(=O)[C@H]1CCCN(Cc2noc(-c3ccc(OC)cc3)n2)C1. The summed E-state index contributed by atoms with van der Waals surface area (Å²) in [6.45, 7) is 4.41. The minimum Gasteiger partial charge on any atom is -0.497 e. The van der Waals surface area contributed by atoms with Crippen LogP contribution in [0.15, 0.2) is 28.8 Å². The molecule has 0 radical (unpaired) electrons. The van der Waals surface area contributed by atoms with E-state index >= 15 is 0 Å². The van der Waals surface area contributed by atoms with Gasteiger partial charge in [0.05, 0.1) is 26.2 Å². The molecule has 25 heavy (non-hydrogen) atoms. The second-order valence-corrected chi connectivity index (χ2v) is 6.07. The smallest absolute Gasteiger partial charge is 0.310 e. The lowest BCUT2D eigenvalue weighted by atomic mass is 9.98. The number of likely N-dealkylation sites (tertiary alicyclic amines) is 1. The van der Waals surface area contributed by atoms with Crippen LogP contribution in [0.3, 0.4) is 0 Å². The number of hydrogen-bond acceptors (Lipinski definition) is 7. The monoisotopic (exact) mass is 345 g/mol. The van der Waals surface area contributed by atoms with Gasteiger partial charge in [-0.2, -0.15) is 4.98 Å². The summed E-state index contributed by atoms with van der Waals surface area (Å²) in [5.74, 6) is 1.70. The summed E-state index contributed by atoms with van der Waals surface area (Å²) in [4.78, 5) is 18.6. The molecule has 2 aromatic rings. The molecule has 0 N–H and O–H groups in total. The summed E-state index contributed by atoms with van der Waals surface area (Å²) in [5, 5.41) is 4.06. The third-order valence-corrected chi connectivity index (χ3v) is 4.30. The number of carbonyl (C=O) groups is 1. The number of rotatable bonds is 6. The first-order valence-electron chi connectivity index (χ1n) is 8.55. The van der Waals surface area contributed by atoms with E-state index in [0.717, 1.165) is 30.7 Å². The summed E-state index contributed by atoms with van der Waals surface area (Å²) >= 11 is 0. The molecule has 3 rings (SSSR count). The molecule has 7 nitrogen and oxygen atoms in total. The molecule has 1 aliphatic heterocycles. The molecule has 2 heterocycles. The number of aromatic nitrogens is 2. The van der Waals surface area contributed by atoms with Crippen molar-refractivity contribution in [2.45, 2.75) is 26.3 Å².